The molecular weight excluding hydrogens is 452 g/mol. The van der Waals surface area contributed by atoms with Gasteiger partial charge in [-0.05, 0) is 31.0 Å². The number of nitrogen functional groups attached to an aromatic ring is 1. The lowest BCUT2D eigenvalue weighted by molar-refractivity contribution is -0.148. The third-order valence-corrected chi connectivity index (χ3v) is 5.18. The van der Waals surface area contributed by atoms with Crippen molar-refractivity contribution in [1.29, 1.82) is 0 Å². The number of aromatic amines is 1. The summed E-state index contributed by atoms with van der Waals surface area (Å²) < 4.78 is 11.8. The first-order valence-corrected chi connectivity index (χ1v) is 11.2. The lowest BCUT2D eigenvalue weighted by Gasteiger charge is -2.23. The highest BCUT2D eigenvalue weighted by Gasteiger charge is 2.24. The molecule has 0 aliphatic heterocycles. The molecule has 0 fully saturated rings. The van der Waals surface area contributed by atoms with Crippen LogP contribution in [-0.4, -0.2) is 41.2 Å². The van der Waals surface area contributed by atoms with Gasteiger partial charge in [0.05, 0.1) is 13.2 Å². The minimum Gasteiger partial charge on any atom is -0.494 e. The number of likely N-dealkylation sites (N-methyl/N-ethyl adjacent to an activating group) is 1. The number of hydrogen-bond donors (Lipinski definition) is 2. The Balaban J connectivity index is 1.61. The molecule has 0 unspecified atom stereocenters. The molecule has 0 spiro atoms. The van der Waals surface area contributed by atoms with Crippen LogP contribution in [0, 0.1) is 0 Å². The van der Waals surface area contributed by atoms with Crippen LogP contribution in [0.15, 0.2) is 70.3 Å². The number of esters is 1. The number of carbonyl (C=O) groups is 2. The molecule has 1 amide bonds. The van der Waals surface area contributed by atoms with E-state index in [0.29, 0.717) is 18.8 Å². The first-order valence-electron chi connectivity index (χ1n) is 11.2. The molecule has 3 N–H and O–H groups in total. The first-order chi connectivity index (χ1) is 16.9. The van der Waals surface area contributed by atoms with Gasteiger partial charge >= 0.3 is 11.7 Å². The van der Waals surface area contributed by atoms with E-state index in [9.17, 15) is 19.2 Å². The normalized spacial score (nSPS) is 10.5. The van der Waals surface area contributed by atoms with Crippen molar-refractivity contribution in [3.63, 3.8) is 0 Å². The lowest BCUT2D eigenvalue weighted by atomic mass is 10.2. The third kappa shape index (κ3) is 6.83. The highest BCUT2D eigenvalue weighted by molar-refractivity contribution is 5.97. The summed E-state index contributed by atoms with van der Waals surface area (Å²) >= 11 is 0. The van der Waals surface area contributed by atoms with Crippen molar-refractivity contribution in [3.05, 3.63) is 87.1 Å². The second-order valence-corrected chi connectivity index (χ2v) is 7.63. The maximum absolute atomic E-state index is 12.8. The topological polar surface area (TPSA) is 137 Å². The fourth-order valence-corrected chi connectivity index (χ4v) is 3.44. The van der Waals surface area contributed by atoms with E-state index in [0.717, 1.165) is 10.5 Å². The lowest BCUT2D eigenvalue weighted by Crippen LogP contribution is -2.42. The quantitative estimate of drug-likeness (QED) is 0.316. The zero-order chi connectivity index (χ0) is 25.2. The molecule has 0 saturated carbocycles. The van der Waals surface area contributed by atoms with Gasteiger partial charge in [-0.1, -0.05) is 48.5 Å². The Morgan fingerprint density at radius 3 is 2.34 bits per heavy atom. The zero-order valence-electron chi connectivity index (χ0n) is 19.4. The molecule has 10 heteroatoms. The highest BCUT2D eigenvalue weighted by atomic mass is 16.5. The highest BCUT2D eigenvalue weighted by Crippen LogP contribution is 2.18. The summed E-state index contributed by atoms with van der Waals surface area (Å²) in [4.78, 5) is 53.1. The van der Waals surface area contributed by atoms with E-state index in [4.69, 9.17) is 15.2 Å². The largest absolute Gasteiger partial charge is 0.494 e. The number of nitrogens with two attached hydrogens (primary N) is 1. The summed E-state index contributed by atoms with van der Waals surface area (Å²) in [6.45, 7) is 1.59. The maximum Gasteiger partial charge on any atom is 0.330 e. The van der Waals surface area contributed by atoms with Gasteiger partial charge in [0.25, 0.3) is 11.5 Å². The van der Waals surface area contributed by atoms with Gasteiger partial charge in [-0.3, -0.25) is 23.9 Å². The summed E-state index contributed by atoms with van der Waals surface area (Å²) in [5.74, 6) is -0.654. The van der Waals surface area contributed by atoms with Crippen LogP contribution in [0.3, 0.4) is 0 Å². The maximum atomic E-state index is 12.8. The van der Waals surface area contributed by atoms with Gasteiger partial charge in [0.1, 0.15) is 11.6 Å². The summed E-state index contributed by atoms with van der Waals surface area (Å²) in [5, 5.41) is 0. The number of benzene rings is 2. The molecule has 0 bridgehead atoms. The standard InChI is InChI=1S/C25H28N4O6/c1-2-28(20(30)17-35-21(31)14-9-15-34-19-12-7-4-8-13-19)22-23(26)29(25(33)27-24(22)32)16-18-10-5-3-6-11-18/h3-8,10-13H,2,9,14-17,26H2,1H3,(H,27,32,33). The second kappa shape index (κ2) is 12.2. The van der Waals surface area contributed by atoms with Crippen molar-refractivity contribution in [3.8, 4) is 5.75 Å². The van der Waals surface area contributed by atoms with Gasteiger partial charge in [0.15, 0.2) is 12.3 Å². The molecule has 0 aliphatic rings. The Morgan fingerprint density at radius 2 is 1.69 bits per heavy atom. The van der Waals surface area contributed by atoms with Crippen molar-refractivity contribution >= 4 is 23.4 Å². The van der Waals surface area contributed by atoms with Crippen LogP contribution in [0.4, 0.5) is 11.5 Å². The number of carbonyl (C=O) groups excluding carboxylic acids is 2. The number of hydrogen-bond acceptors (Lipinski definition) is 7. The predicted octanol–water partition coefficient (Wildman–Crippen LogP) is 1.92. The Morgan fingerprint density at radius 1 is 1.03 bits per heavy atom. The zero-order valence-corrected chi connectivity index (χ0v) is 19.4. The number of para-hydroxylation sites is 1. The molecule has 35 heavy (non-hydrogen) atoms. The monoisotopic (exact) mass is 480 g/mol. The molecule has 0 aliphatic carbocycles. The number of ether oxygens (including phenoxy) is 2. The number of amides is 1. The van der Waals surface area contributed by atoms with E-state index in [1.807, 2.05) is 60.7 Å². The molecule has 3 aromatic rings. The van der Waals surface area contributed by atoms with Crippen LogP contribution in [0.25, 0.3) is 0 Å². The van der Waals surface area contributed by atoms with Crippen LogP contribution in [0.2, 0.25) is 0 Å². The molecule has 1 aromatic heterocycles. The van der Waals surface area contributed by atoms with Gasteiger partial charge < -0.3 is 20.1 Å². The molecule has 0 saturated heterocycles. The minimum absolute atomic E-state index is 0.0664. The van der Waals surface area contributed by atoms with E-state index >= 15 is 0 Å². The van der Waals surface area contributed by atoms with E-state index < -0.39 is 29.7 Å². The molecule has 184 valence electrons. The molecule has 1 heterocycles. The van der Waals surface area contributed by atoms with Crippen molar-refractivity contribution < 1.29 is 19.1 Å². The molecule has 10 nitrogen and oxygen atoms in total. The summed E-state index contributed by atoms with van der Waals surface area (Å²) in [5.41, 5.74) is 5.30. The Labute approximate surface area is 201 Å². The van der Waals surface area contributed by atoms with Gasteiger partial charge in [-0.25, -0.2) is 4.79 Å². The Kier molecular flexibility index (Phi) is 8.82. The number of nitrogens with one attached hydrogen (secondary N) is 1. The van der Waals surface area contributed by atoms with Gasteiger partial charge in [-0.2, -0.15) is 0 Å². The second-order valence-electron chi connectivity index (χ2n) is 7.63. The first kappa shape index (κ1) is 25.3. The molecule has 0 radical (unpaired) electrons. The van der Waals surface area contributed by atoms with Crippen LogP contribution in [0.1, 0.15) is 25.3 Å². The fraction of sp³-hybridized carbons (Fsp3) is 0.280. The fourth-order valence-electron chi connectivity index (χ4n) is 3.44. The van der Waals surface area contributed by atoms with E-state index in [1.165, 1.54) is 4.57 Å². The van der Waals surface area contributed by atoms with Crippen LogP contribution < -0.4 is 26.6 Å². The Bertz CT molecular complexity index is 1250. The number of H-pyrrole nitrogens is 1. The van der Waals surface area contributed by atoms with Gasteiger partial charge in [-0.15, -0.1) is 0 Å². The van der Waals surface area contributed by atoms with E-state index in [-0.39, 0.29) is 31.0 Å². The van der Waals surface area contributed by atoms with Crippen molar-refractivity contribution in [1.82, 2.24) is 9.55 Å². The predicted molar refractivity (Wildman–Crippen MR) is 131 cm³/mol. The van der Waals surface area contributed by atoms with Crippen molar-refractivity contribution in [2.75, 3.05) is 30.4 Å². The average molecular weight is 481 g/mol. The van der Waals surface area contributed by atoms with Crippen LogP contribution >= 0.6 is 0 Å². The number of aromatic nitrogens is 2. The summed E-state index contributed by atoms with van der Waals surface area (Å²) in [6.07, 6.45) is 0.480. The SMILES string of the molecule is CCN(C(=O)COC(=O)CCCOc1ccccc1)c1c(N)n(Cc2ccccc2)c(=O)[nH]c1=O. The average Bonchev–Trinajstić information content (AvgIpc) is 2.86. The molecule has 2 aromatic carbocycles. The number of nitrogens with zero attached hydrogens (tertiary/aromatic N) is 2. The van der Waals surface area contributed by atoms with Gasteiger partial charge in [0, 0.05) is 13.0 Å². The van der Waals surface area contributed by atoms with Crippen LogP contribution in [0.5, 0.6) is 5.75 Å². The Hall–Kier alpha value is -4.34. The third-order valence-electron chi connectivity index (χ3n) is 5.18. The van der Waals surface area contributed by atoms with E-state index in [2.05, 4.69) is 4.98 Å². The van der Waals surface area contributed by atoms with E-state index in [1.54, 1.807) is 6.92 Å². The number of anilines is 2. The summed E-state index contributed by atoms with van der Waals surface area (Å²) in [7, 11) is 0. The molecular formula is C25H28N4O6. The smallest absolute Gasteiger partial charge is 0.330 e. The van der Waals surface area contributed by atoms with Crippen LogP contribution in [-0.2, 0) is 20.9 Å². The van der Waals surface area contributed by atoms with Crippen molar-refractivity contribution in [2.24, 2.45) is 0 Å². The molecule has 0 atom stereocenters. The molecule has 3 rings (SSSR count). The van der Waals surface area contributed by atoms with Gasteiger partial charge in [0.2, 0.25) is 0 Å². The number of rotatable bonds is 11. The minimum atomic E-state index is -0.795. The van der Waals surface area contributed by atoms with Crippen molar-refractivity contribution in [2.45, 2.75) is 26.3 Å². The summed E-state index contributed by atoms with van der Waals surface area (Å²) in [6, 6.07) is 18.3.